The van der Waals surface area contributed by atoms with Crippen molar-refractivity contribution in [3.8, 4) is 0 Å². The number of carbonyl (C=O) groups excluding carboxylic acids is 2. The van der Waals surface area contributed by atoms with Crippen molar-refractivity contribution in [3.63, 3.8) is 0 Å². The first-order valence-corrected chi connectivity index (χ1v) is 8.02. The molecular formula is C17H21FN2O3. The zero-order valence-corrected chi connectivity index (χ0v) is 13.2. The van der Waals surface area contributed by atoms with Crippen LogP contribution in [-0.4, -0.2) is 54.4 Å². The van der Waals surface area contributed by atoms with E-state index in [1.807, 2.05) is 6.92 Å². The van der Waals surface area contributed by atoms with Crippen LogP contribution < -0.4 is 0 Å². The molecule has 0 aliphatic carbocycles. The highest BCUT2D eigenvalue weighted by atomic mass is 19.1. The lowest BCUT2D eigenvalue weighted by Crippen LogP contribution is -2.45. The molecule has 124 valence electrons. The summed E-state index contributed by atoms with van der Waals surface area (Å²) in [5, 5.41) is 0. The Morgan fingerprint density at radius 1 is 1.35 bits per heavy atom. The maximum atomic E-state index is 13.9. The summed E-state index contributed by atoms with van der Waals surface area (Å²) in [6.07, 6.45) is -0.178. The normalized spacial score (nSPS) is 25.0. The van der Waals surface area contributed by atoms with Gasteiger partial charge in [0.2, 0.25) is 11.8 Å². The van der Waals surface area contributed by atoms with Gasteiger partial charge in [-0.25, -0.2) is 4.39 Å². The molecule has 0 spiro atoms. The molecule has 2 saturated heterocycles. The van der Waals surface area contributed by atoms with Crippen LogP contribution in [0.15, 0.2) is 24.3 Å². The molecule has 0 aromatic heterocycles. The summed E-state index contributed by atoms with van der Waals surface area (Å²) in [7, 11) is 0. The van der Waals surface area contributed by atoms with Gasteiger partial charge in [0.05, 0.1) is 19.1 Å². The van der Waals surface area contributed by atoms with Crippen molar-refractivity contribution >= 4 is 11.8 Å². The first-order chi connectivity index (χ1) is 11.1. The number of amides is 2. The number of hydrogen-bond acceptors (Lipinski definition) is 3. The fraction of sp³-hybridized carbons (Fsp3) is 0.529. The second kappa shape index (κ2) is 6.66. The average Bonchev–Trinajstić information content (AvgIpc) is 2.95. The van der Waals surface area contributed by atoms with Gasteiger partial charge in [-0.2, -0.15) is 0 Å². The molecule has 0 saturated carbocycles. The van der Waals surface area contributed by atoms with E-state index in [0.29, 0.717) is 38.3 Å². The lowest BCUT2D eigenvalue weighted by atomic mass is 10.0. The van der Waals surface area contributed by atoms with Crippen molar-refractivity contribution in [1.82, 2.24) is 9.80 Å². The van der Waals surface area contributed by atoms with Crippen molar-refractivity contribution in [2.45, 2.75) is 19.4 Å². The van der Waals surface area contributed by atoms with Crippen LogP contribution in [0.4, 0.5) is 4.39 Å². The molecule has 1 aromatic rings. The zero-order chi connectivity index (χ0) is 16.4. The van der Waals surface area contributed by atoms with E-state index in [1.54, 1.807) is 28.0 Å². The number of ether oxygens (including phenoxy) is 1. The summed E-state index contributed by atoms with van der Waals surface area (Å²) >= 11 is 0. The van der Waals surface area contributed by atoms with Crippen molar-refractivity contribution in [2.24, 2.45) is 5.92 Å². The standard InChI is InChI=1S/C17H21FN2O3/c1-2-19-10-12(9-16(19)21)17(22)20-7-8-23-15(11-20)13-5-3-4-6-14(13)18/h3-6,12,15H,2,7-11H2,1H3/t12-,15-/m0/s1. The molecule has 0 N–H and O–H groups in total. The van der Waals surface area contributed by atoms with Gasteiger partial charge >= 0.3 is 0 Å². The molecule has 2 heterocycles. The summed E-state index contributed by atoms with van der Waals surface area (Å²) in [4.78, 5) is 27.9. The molecule has 1 aromatic carbocycles. The summed E-state index contributed by atoms with van der Waals surface area (Å²) < 4.78 is 19.6. The van der Waals surface area contributed by atoms with E-state index in [9.17, 15) is 14.0 Å². The van der Waals surface area contributed by atoms with Gasteiger partial charge in [-0.15, -0.1) is 0 Å². The zero-order valence-electron chi connectivity index (χ0n) is 13.2. The number of rotatable bonds is 3. The van der Waals surface area contributed by atoms with Crippen molar-refractivity contribution in [2.75, 3.05) is 32.8 Å². The van der Waals surface area contributed by atoms with E-state index >= 15 is 0 Å². The summed E-state index contributed by atoms with van der Waals surface area (Å²) in [6.45, 7) is 4.22. The Labute approximate surface area is 135 Å². The maximum Gasteiger partial charge on any atom is 0.228 e. The number of benzene rings is 1. The highest BCUT2D eigenvalue weighted by Gasteiger charge is 2.37. The third-order valence-corrected chi connectivity index (χ3v) is 4.58. The van der Waals surface area contributed by atoms with Gasteiger partial charge in [-0.1, -0.05) is 18.2 Å². The van der Waals surface area contributed by atoms with Gasteiger partial charge < -0.3 is 14.5 Å². The average molecular weight is 320 g/mol. The minimum atomic E-state index is -0.451. The van der Waals surface area contributed by atoms with Gasteiger partial charge in [0.1, 0.15) is 11.9 Å². The van der Waals surface area contributed by atoms with E-state index in [2.05, 4.69) is 0 Å². The predicted molar refractivity (Wildman–Crippen MR) is 82.0 cm³/mol. The number of carbonyl (C=O) groups is 2. The van der Waals surface area contributed by atoms with Crippen LogP contribution in [0.25, 0.3) is 0 Å². The second-order valence-corrected chi connectivity index (χ2v) is 6.00. The molecule has 2 amide bonds. The topological polar surface area (TPSA) is 49.9 Å². The molecule has 5 nitrogen and oxygen atoms in total. The van der Waals surface area contributed by atoms with Crippen LogP contribution in [-0.2, 0) is 14.3 Å². The minimum absolute atomic E-state index is 0.0288. The van der Waals surface area contributed by atoms with Crippen molar-refractivity contribution in [1.29, 1.82) is 0 Å². The predicted octanol–water partition coefficient (Wildman–Crippen LogP) is 1.59. The van der Waals surface area contributed by atoms with Crippen LogP contribution in [0, 0.1) is 11.7 Å². The van der Waals surface area contributed by atoms with E-state index in [-0.39, 0.29) is 30.0 Å². The van der Waals surface area contributed by atoms with E-state index in [0.717, 1.165) is 0 Å². The molecule has 0 radical (unpaired) electrons. The number of likely N-dealkylation sites (tertiary alicyclic amines) is 1. The monoisotopic (exact) mass is 320 g/mol. The third-order valence-electron chi connectivity index (χ3n) is 4.58. The van der Waals surface area contributed by atoms with Gasteiger partial charge in [0, 0.05) is 31.6 Å². The molecule has 2 fully saturated rings. The van der Waals surface area contributed by atoms with Crippen LogP contribution in [0.3, 0.4) is 0 Å². The summed E-state index contributed by atoms with van der Waals surface area (Å²) in [5.41, 5.74) is 0.475. The molecule has 23 heavy (non-hydrogen) atoms. The first kappa shape index (κ1) is 15.9. The number of morpholine rings is 1. The molecule has 0 unspecified atom stereocenters. The van der Waals surface area contributed by atoms with Gasteiger partial charge in [-0.05, 0) is 13.0 Å². The molecule has 3 rings (SSSR count). The van der Waals surface area contributed by atoms with Gasteiger partial charge in [-0.3, -0.25) is 9.59 Å². The van der Waals surface area contributed by atoms with Crippen molar-refractivity contribution < 1.29 is 18.7 Å². The Balaban J connectivity index is 1.68. The van der Waals surface area contributed by atoms with Crippen LogP contribution in [0.1, 0.15) is 25.0 Å². The largest absolute Gasteiger partial charge is 0.370 e. The number of hydrogen-bond donors (Lipinski definition) is 0. The third kappa shape index (κ3) is 3.22. The van der Waals surface area contributed by atoms with Crippen LogP contribution >= 0.6 is 0 Å². The Morgan fingerprint density at radius 2 is 2.13 bits per heavy atom. The molecule has 2 aliphatic heterocycles. The van der Waals surface area contributed by atoms with Gasteiger partial charge in [0.15, 0.2) is 0 Å². The molecule has 6 heteroatoms. The smallest absolute Gasteiger partial charge is 0.228 e. The summed E-state index contributed by atoms with van der Waals surface area (Å²) in [6, 6.07) is 6.48. The van der Waals surface area contributed by atoms with Crippen LogP contribution in [0.5, 0.6) is 0 Å². The van der Waals surface area contributed by atoms with Gasteiger partial charge in [0.25, 0.3) is 0 Å². The lowest BCUT2D eigenvalue weighted by molar-refractivity contribution is -0.143. The Morgan fingerprint density at radius 3 is 2.83 bits per heavy atom. The fourth-order valence-electron chi connectivity index (χ4n) is 3.28. The SMILES string of the molecule is CCN1C[C@@H](C(=O)N2CCO[C@H](c3ccccc3F)C2)CC1=O. The molecular weight excluding hydrogens is 299 g/mol. The minimum Gasteiger partial charge on any atom is -0.370 e. The molecule has 0 bridgehead atoms. The number of nitrogens with zero attached hydrogens (tertiary/aromatic N) is 2. The Hall–Kier alpha value is -1.95. The fourth-order valence-corrected chi connectivity index (χ4v) is 3.28. The van der Waals surface area contributed by atoms with E-state index in [1.165, 1.54) is 6.07 Å². The quantitative estimate of drug-likeness (QED) is 0.850. The van der Waals surface area contributed by atoms with Crippen molar-refractivity contribution in [3.05, 3.63) is 35.6 Å². The highest BCUT2D eigenvalue weighted by Crippen LogP contribution is 2.27. The Bertz CT molecular complexity index is 607. The molecule has 2 aliphatic rings. The van der Waals surface area contributed by atoms with E-state index in [4.69, 9.17) is 4.74 Å². The second-order valence-electron chi connectivity index (χ2n) is 6.00. The van der Waals surface area contributed by atoms with Crippen LogP contribution in [0.2, 0.25) is 0 Å². The lowest BCUT2D eigenvalue weighted by Gasteiger charge is -2.34. The maximum absolute atomic E-state index is 13.9. The Kier molecular flexibility index (Phi) is 4.61. The number of halogens is 1. The highest BCUT2D eigenvalue weighted by molar-refractivity contribution is 5.89. The summed E-state index contributed by atoms with van der Waals surface area (Å²) in [5.74, 6) is -0.606. The first-order valence-electron chi connectivity index (χ1n) is 8.02. The molecule has 2 atom stereocenters. The van der Waals surface area contributed by atoms with E-state index < -0.39 is 6.10 Å².